The highest BCUT2D eigenvalue weighted by molar-refractivity contribution is 7.07. The highest BCUT2D eigenvalue weighted by Gasteiger charge is 2.06. The van der Waals surface area contributed by atoms with Crippen LogP contribution in [0.1, 0.15) is 30.2 Å². The SMILES string of the molecule is CCCNCc1ccc(N(C)Cc2ccsc2)nc1C. The van der Waals surface area contributed by atoms with E-state index in [9.17, 15) is 0 Å². The number of hydrogen-bond acceptors (Lipinski definition) is 4. The van der Waals surface area contributed by atoms with E-state index in [1.165, 1.54) is 11.1 Å². The third-order valence-electron chi connectivity index (χ3n) is 3.31. The summed E-state index contributed by atoms with van der Waals surface area (Å²) in [6, 6.07) is 6.46. The van der Waals surface area contributed by atoms with E-state index in [2.05, 4.69) is 60.1 Å². The normalized spacial score (nSPS) is 10.8. The van der Waals surface area contributed by atoms with Gasteiger partial charge in [0.05, 0.1) is 0 Å². The molecule has 2 rings (SSSR count). The van der Waals surface area contributed by atoms with Crippen LogP contribution in [0, 0.1) is 6.92 Å². The molecule has 0 saturated carbocycles. The third-order valence-corrected chi connectivity index (χ3v) is 4.05. The van der Waals surface area contributed by atoms with Crippen LogP contribution in [0.5, 0.6) is 0 Å². The summed E-state index contributed by atoms with van der Waals surface area (Å²) >= 11 is 1.74. The lowest BCUT2D eigenvalue weighted by molar-refractivity contribution is 0.670. The summed E-state index contributed by atoms with van der Waals surface area (Å²) in [5, 5.41) is 7.73. The van der Waals surface area contributed by atoms with E-state index < -0.39 is 0 Å². The second-order valence-electron chi connectivity index (χ2n) is 5.08. The lowest BCUT2D eigenvalue weighted by Gasteiger charge is -2.19. The number of aryl methyl sites for hydroxylation is 1. The Morgan fingerprint density at radius 3 is 2.80 bits per heavy atom. The molecular weight excluding hydrogens is 266 g/mol. The van der Waals surface area contributed by atoms with Crippen molar-refractivity contribution in [3.05, 3.63) is 45.8 Å². The van der Waals surface area contributed by atoms with E-state index in [-0.39, 0.29) is 0 Å². The van der Waals surface area contributed by atoms with Crippen LogP contribution < -0.4 is 10.2 Å². The van der Waals surface area contributed by atoms with Crippen molar-refractivity contribution in [1.29, 1.82) is 0 Å². The first-order chi connectivity index (χ1) is 9.70. The van der Waals surface area contributed by atoms with Crippen molar-refractivity contribution in [1.82, 2.24) is 10.3 Å². The molecule has 4 heteroatoms. The van der Waals surface area contributed by atoms with Gasteiger partial charge in [0, 0.05) is 25.8 Å². The zero-order chi connectivity index (χ0) is 14.4. The molecule has 0 aliphatic rings. The Morgan fingerprint density at radius 2 is 2.15 bits per heavy atom. The fourth-order valence-electron chi connectivity index (χ4n) is 2.11. The molecule has 0 spiro atoms. The number of hydrogen-bond donors (Lipinski definition) is 1. The Balaban J connectivity index is 2.00. The molecule has 0 unspecified atom stereocenters. The largest absolute Gasteiger partial charge is 0.355 e. The molecule has 0 atom stereocenters. The maximum absolute atomic E-state index is 4.72. The van der Waals surface area contributed by atoms with Gasteiger partial charge in [0.1, 0.15) is 5.82 Å². The van der Waals surface area contributed by atoms with E-state index >= 15 is 0 Å². The minimum Gasteiger partial charge on any atom is -0.355 e. The number of anilines is 1. The second kappa shape index (κ2) is 7.41. The van der Waals surface area contributed by atoms with Gasteiger partial charge in [-0.25, -0.2) is 4.98 Å². The summed E-state index contributed by atoms with van der Waals surface area (Å²) in [6.45, 7) is 7.13. The van der Waals surface area contributed by atoms with Gasteiger partial charge in [-0.1, -0.05) is 13.0 Å². The molecule has 0 radical (unpaired) electrons. The maximum Gasteiger partial charge on any atom is 0.128 e. The van der Waals surface area contributed by atoms with Gasteiger partial charge in [0.2, 0.25) is 0 Å². The first-order valence-electron chi connectivity index (χ1n) is 7.10. The Hall–Kier alpha value is -1.39. The molecular formula is C16H23N3S. The van der Waals surface area contributed by atoms with Gasteiger partial charge in [0.15, 0.2) is 0 Å². The molecule has 20 heavy (non-hydrogen) atoms. The molecule has 0 amide bonds. The summed E-state index contributed by atoms with van der Waals surface area (Å²) in [6.07, 6.45) is 1.16. The topological polar surface area (TPSA) is 28.2 Å². The lowest BCUT2D eigenvalue weighted by Crippen LogP contribution is -2.19. The zero-order valence-electron chi connectivity index (χ0n) is 12.5. The van der Waals surface area contributed by atoms with Gasteiger partial charge in [-0.05, 0) is 53.9 Å². The average Bonchev–Trinajstić information content (AvgIpc) is 2.93. The molecule has 0 aliphatic carbocycles. The van der Waals surface area contributed by atoms with Gasteiger partial charge in [-0.2, -0.15) is 11.3 Å². The summed E-state index contributed by atoms with van der Waals surface area (Å²) in [4.78, 5) is 6.91. The van der Waals surface area contributed by atoms with Crippen LogP contribution in [0.2, 0.25) is 0 Å². The first kappa shape index (κ1) is 15.0. The van der Waals surface area contributed by atoms with E-state index in [0.29, 0.717) is 0 Å². The van der Waals surface area contributed by atoms with E-state index in [4.69, 9.17) is 4.98 Å². The van der Waals surface area contributed by atoms with Crippen LogP contribution in [0.25, 0.3) is 0 Å². The van der Waals surface area contributed by atoms with Crippen LogP contribution in [0.4, 0.5) is 5.82 Å². The molecule has 0 saturated heterocycles. The van der Waals surface area contributed by atoms with Crippen LogP contribution in [-0.2, 0) is 13.1 Å². The number of thiophene rings is 1. The molecule has 108 valence electrons. The molecule has 3 nitrogen and oxygen atoms in total. The van der Waals surface area contributed by atoms with E-state index in [1.807, 2.05) is 0 Å². The van der Waals surface area contributed by atoms with Crippen molar-refractivity contribution in [3.63, 3.8) is 0 Å². The molecule has 2 aromatic rings. The summed E-state index contributed by atoms with van der Waals surface area (Å²) < 4.78 is 0. The zero-order valence-corrected chi connectivity index (χ0v) is 13.3. The van der Waals surface area contributed by atoms with Crippen molar-refractivity contribution in [2.75, 3.05) is 18.5 Å². The van der Waals surface area contributed by atoms with E-state index in [1.54, 1.807) is 11.3 Å². The highest BCUT2D eigenvalue weighted by Crippen LogP contribution is 2.17. The number of nitrogens with zero attached hydrogens (tertiary/aromatic N) is 2. The van der Waals surface area contributed by atoms with Crippen LogP contribution in [-0.4, -0.2) is 18.6 Å². The van der Waals surface area contributed by atoms with Crippen LogP contribution in [0.15, 0.2) is 29.0 Å². The van der Waals surface area contributed by atoms with Gasteiger partial charge in [0.25, 0.3) is 0 Å². The third kappa shape index (κ3) is 4.05. The minimum atomic E-state index is 0.904. The Morgan fingerprint density at radius 1 is 1.30 bits per heavy atom. The average molecular weight is 289 g/mol. The predicted octanol–water partition coefficient (Wildman–Crippen LogP) is 3.59. The second-order valence-corrected chi connectivity index (χ2v) is 5.86. The van der Waals surface area contributed by atoms with Crippen LogP contribution >= 0.6 is 11.3 Å². The van der Waals surface area contributed by atoms with Gasteiger partial charge >= 0.3 is 0 Å². The van der Waals surface area contributed by atoms with Crippen molar-refractivity contribution >= 4 is 17.2 Å². The van der Waals surface area contributed by atoms with Gasteiger partial charge in [-0.15, -0.1) is 0 Å². The Kier molecular flexibility index (Phi) is 5.56. The monoisotopic (exact) mass is 289 g/mol. The Labute approximate surface area is 125 Å². The maximum atomic E-state index is 4.72. The van der Waals surface area contributed by atoms with Gasteiger partial charge in [-0.3, -0.25) is 0 Å². The molecule has 2 aromatic heterocycles. The fourth-order valence-corrected chi connectivity index (χ4v) is 2.77. The summed E-state index contributed by atoms with van der Waals surface area (Å²) in [5.41, 5.74) is 3.74. The van der Waals surface area contributed by atoms with Gasteiger partial charge < -0.3 is 10.2 Å². The van der Waals surface area contributed by atoms with E-state index in [0.717, 1.165) is 37.6 Å². The highest BCUT2D eigenvalue weighted by atomic mass is 32.1. The quantitative estimate of drug-likeness (QED) is 0.790. The Bertz CT molecular complexity index is 523. The fraction of sp³-hybridized carbons (Fsp3) is 0.438. The predicted molar refractivity (Wildman–Crippen MR) is 87.4 cm³/mol. The molecule has 2 heterocycles. The van der Waals surface area contributed by atoms with Crippen molar-refractivity contribution in [2.45, 2.75) is 33.4 Å². The van der Waals surface area contributed by atoms with Crippen LogP contribution in [0.3, 0.4) is 0 Å². The number of rotatable bonds is 7. The molecule has 0 aliphatic heterocycles. The number of aromatic nitrogens is 1. The van der Waals surface area contributed by atoms with Crippen molar-refractivity contribution < 1.29 is 0 Å². The molecule has 0 fully saturated rings. The number of pyridine rings is 1. The lowest BCUT2D eigenvalue weighted by atomic mass is 10.2. The molecule has 1 N–H and O–H groups in total. The molecule has 0 aromatic carbocycles. The molecule has 0 bridgehead atoms. The first-order valence-corrected chi connectivity index (χ1v) is 8.04. The smallest absolute Gasteiger partial charge is 0.128 e. The standard InChI is InChI=1S/C16H23N3S/c1-4-8-17-10-15-5-6-16(18-13(15)2)19(3)11-14-7-9-20-12-14/h5-7,9,12,17H,4,8,10-11H2,1-3H3. The summed E-state index contributed by atoms with van der Waals surface area (Å²) in [7, 11) is 2.09. The van der Waals surface area contributed by atoms with Crippen molar-refractivity contribution in [2.24, 2.45) is 0 Å². The van der Waals surface area contributed by atoms with Crippen molar-refractivity contribution in [3.8, 4) is 0 Å². The summed E-state index contributed by atoms with van der Waals surface area (Å²) in [5.74, 6) is 1.04. The minimum absolute atomic E-state index is 0.904. The number of nitrogens with one attached hydrogen (secondary N) is 1.